The summed E-state index contributed by atoms with van der Waals surface area (Å²) in [5, 5.41) is 0. The molecule has 1 heterocycles. The fourth-order valence-corrected chi connectivity index (χ4v) is 1.23. The molecular formula is C10H16N2. The van der Waals surface area contributed by atoms with Gasteiger partial charge in [-0.2, -0.15) is 0 Å². The van der Waals surface area contributed by atoms with E-state index in [-0.39, 0.29) is 0 Å². The van der Waals surface area contributed by atoms with Crippen LogP contribution < -0.4 is 0 Å². The van der Waals surface area contributed by atoms with Gasteiger partial charge in [0.15, 0.2) is 0 Å². The van der Waals surface area contributed by atoms with Crippen molar-refractivity contribution in [1.29, 1.82) is 0 Å². The van der Waals surface area contributed by atoms with E-state index in [4.69, 9.17) is 0 Å². The Kier molecular flexibility index (Phi) is 3.58. The Morgan fingerprint density at radius 3 is 3.08 bits per heavy atom. The van der Waals surface area contributed by atoms with Crippen LogP contribution in [0.15, 0.2) is 19.0 Å². The van der Waals surface area contributed by atoms with E-state index in [0.29, 0.717) is 0 Å². The van der Waals surface area contributed by atoms with Crippen LogP contribution in [-0.4, -0.2) is 9.55 Å². The van der Waals surface area contributed by atoms with Crippen LogP contribution in [0.2, 0.25) is 0 Å². The molecule has 0 aliphatic heterocycles. The number of aryl methyl sites for hydroxylation is 1. The van der Waals surface area contributed by atoms with Crippen LogP contribution >= 0.6 is 0 Å². The van der Waals surface area contributed by atoms with Crippen molar-refractivity contribution in [3.8, 4) is 0 Å². The third-order valence-electron chi connectivity index (χ3n) is 1.93. The van der Waals surface area contributed by atoms with E-state index in [1.54, 1.807) is 6.08 Å². The molecule has 0 amide bonds. The van der Waals surface area contributed by atoms with Gasteiger partial charge in [0.1, 0.15) is 5.82 Å². The summed E-state index contributed by atoms with van der Waals surface area (Å²) in [5.74, 6) is 0.978. The molecule has 0 aromatic carbocycles. The Balaban J connectivity index is 2.45. The highest BCUT2D eigenvalue weighted by atomic mass is 15.0. The molecule has 0 atom stereocenters. The van der Waals surface area contributed by atoms with Gasteiger partial charge in [0, 0.05) is 18.9 Å². The van der Waals surface area contributed by atoms with Crippen LogP contribution in [0.1, 0.15) is 32.0 Å². The zero-order valence-electron chi connectivity index (χ0n) is 7.66. The molecule has 1 aromatic heterocycles. The lowest BCUT2D eigenvalue weighted by atomic mass is 10.2. The van der Waals surface area contributed by atoms with Gasteiger partial charge in [0.2, 0.25) is 0 Å². The molecule has 0 aliphatic rings. The van der Waals surface area contributed by atoms with Crippen LogP contribution in [0, 0.1) is 0 Å². The number of hydrogen-bond donors (Lipinski definition) is 0. The summed E-state index contributed by atoms with van der Waals surface area (Å²) in [6.45, 7) is 6.98. The molecule has 1 rings (SSSR count). The van der Waals surface area contributed by atoms with Gasteiger partial charge >= 0.3 is 0 Å². The number of rotatable bonds is 5. The quantitative estimate of drug-likeness (QED) is 0.612. The monoisotopic (exact) mass is 164 g/mol. The summed E-state index contributed by atoms with van der Waals surface area (Å²) in [7, 11) is 0. The second-order valence-corrected chi connectivity index (χ2v) is 2.89. The molecule has 12 heavy (non-hydrogen) atoms. The Hall–Kier alpha value is -1.05. The summed E-state index contributed by atoms with van der Waals surface area (Å²) in [5.41, 5.74) is 0. The maximum absolute atomic E-state index is 4.16. The minimum atomic E-state index is 0.978. The van der Waals surface area contributed by atoms with Gasteiger partial charge in [-0.3, -0.25) is 0 Å². The summed E-state index contributed by atoms with van der Waals surface area (Å²) in [6, 6.07) is 0. The second-order valence-electron chi connectivity index (χ2n) is 2.89. The van der Waals surface area contributed by atoms with Crippen LogP contribution in [-0.2, 0) is 6.54 Å². The molecule has 0 N–H and O–H groups in total. The lowest BCUT2D eigenvalue weighted by Crippen LogP contribution is -1.98. The van der Waals surface area contributed by atoms with Crippen LogP contribution in [0.5, 0.6) is 0 Å². The maximum Gasteiger partial charge on any atom is 0.131 e. The molecule has 0 fully saturated rings. The topological polar surface area (TPSA) is 17.8 Å². The zero-order chi connectivity index (χ0) is 8.81. The summed E-state index contributed by atoms with van der Waals surface area (Å²) in [4.78, 5) is 4.16. The first-order valence-electron chi connectivity index (χ1n) is 4.52. The molecule has 1 aromatic rings. The standard InChI is InChI=1S/C10H16N2/c1-3-5-6-8-12-9-7-11-10(12)4-2/h4,7,9H,2-3,5-6,8H2,1H3. The molecule has 0 bridgehead atoms. The van der Waals surface area contributed by atoms with Crippen LogP contribution in [0.4, 0.5) is 0 Å². The Labute approximate surface area is 73.9 Å². The van der Waals surface area contributed by atoms with Crippen molar-refractivity contribution in [2.75, 3.05) is 0 Å². The van der Waals surface area contributed by atoms with Gasteiger partial charge in [-0.25, -0.2) is 4.98 Å². The molecule has 66 valence electrons. The predicted octanol–water partition coefficient (Wildman–Crippen LogP) is 2.72. The van der Waals surface area contributed by atoms with Crippen LogP contribution in [0.25, 0.3) is 6.08 Å². The second kappa shape index (κ2) is 4.75. The molecule has 0 spiro atoms. The molecule has 0 aliphatic carbocycles. The minimum absolute atomic E-state index is 0.978. The fraction of sp³-hybridized carbons (Fsp3) is 0.500. The van der Waals surface area contributed by atoms with E-state index < -0.39 is 0 Å². The fourth-order valence-electron chi connectivity index (χ4n) is 1.23. The molecule has 0 saturated heterocycles. The first-order valence-corrected chi connectivity index (χ1v) is 4.52. The van der Waals surface area contributed by atoms with E-state index in [9.17, 15) is 0 Å². The van der Waals surface area contributed by atoms with Crippen molar-refractivity contribution in [3.63, 3.8) is 0 Å². The largest absolute Gasteiger partial charge is 0.332 e. The van der Waals surface area contributed by atoms with E-state index in [0.717, 1.165) is 12.4 Å². The van der Waals surface area contributed by atoms with Crippen LogP contribution in [0.3, 0.4) is 0 Å². The van der Waals surface area contributed by atoms with E-state index in [1.807, 2.05) is 12.4 Å². The highest BCUT2D eigenvalue weighted by Gasteiger charge is 1.96. The number of imidazole rings is 1. The molecular weight excluding hydrogens is 148 g/mol. The first kappa shape index (κ1) is 9.04. The summed E-state index contributed by atoms with van der Waals surface area (Å²) in [6.07, 6.45) is 9.40. The lowest BCUT2D eigenvalue weighted by Gasteiger charge is -2.03. The SMILES string of the molecule is C=Cc1nccn1CCCCC. The van der Waals surface area contributed by atoms with E-state index in [2.05, 4.69) is 23.1 Å². The molecule has 0 radical (unpaired) electrons. The van der Waals surface area contributed by atoms with Gasteiger partial charge < -0.3 is 4.57 Å². The van der Waals surface area contributed by atoms with Gasteiger partial charge in [-0.05, 0) is 12.5 Å². The third-order valence-corrected chi connectivity index (χ3v) is 1.93. The van der Waals surface area contributed by atoms with Gasteiger partial charge in [-0.15, -0.1) is 0 Å². The highest BCUT2D eigenvalue weighted by molar-refractivity contribution is 5.36. The smallest absolute Gasteiger partial charge is 0.131 e. The highest BCUT2D eigenvalue weighted by Crippen LogP contribution is 2.03. The Morgan fingerprint density at radius 1 is 1.58 bits per heavy atom. The first-order chi connectivity index (χ1) is 5.88. The molecule has 0 unspecified atom stereocenters. The van der Waals surface area contributed by atoms with Crippen molar-refractivity contribution >= 4 is 6.08 Å². The predicted molar refractivity (Wildman–Crippen MR) is 51.8 cm³/mol. The summed E-state index contributed by atoms with van der Waals surface area (Å²) >= 11 is 0. The number of hydrogen-bond acceptors (Lipinski definition) is 1. The average Bonchev–Trinajstić information content (AvgIpc) is 2.52. The molecule has 0 saturated carbocycles. The number of nitrogens with zero attached hydrogens (tertiary/aromatic N) is 2. The number of unbranched alkanes of at least 4 members (excludes halogenated alkanes) is 2. The lowest BCUT2D eigenvalue weighted by molar-refractivity contribution is 0.598. The number of aromatic nitrogens is 2. The van der Waals surface area contributed by atoms with Crippen molar-refractivity contribution in [3.05, 3.63) is 24.8 Å². The maximum atomic E-state index is 4.16. The zero-order valence-corrected chi connectivity index (χ0v) is 7.66. The van der Waals surface area contributed by atoms with E-state index >= 15 is 0 Å². The van der Waals surface area contributed by atoms with Crippen molar-refractivity contribution in [1.82, 2.24) is 9.55 Å². The van der Waals surface area contributed by atoms with Gasteiger partial charge in [0.25, 0.3) is 0 Å². The Morgan fingerprint density at radius 2 is 2.42 bits per heavy atom. The Bertz CT molecular complexity index is 238. The average molecular weight is 164 g/mol. The van der Waals surface area contributed by atoms with Gasteiger partial charge in [0.05, 0.1) is 0 Å². The van der Waals surface area contributed by atoms with Crippen molar-refractivity contribution < 1.29 is 0 Å². The van der Waals surface area contributed by atoms with E-state index in [1.165, 1.54) is 19.3 Å². The molecule has 2 nitrogen and oxygen atoms in total. The van der Waals surface area contributed by atoms with Crippen molar-refractivity contribution in [2.45, 2.75) is 32.7 Å². The third kappa shape index (κ3) is 2.22. The minimum Gasteiger partial charge on any atom is -0.332 e. The van der Waals surface area contributed by atoms with Crippen molar-refractivity contribution in [2.24, 2.45) is 0 Å². The van der Waals surface area contributed by atoms with Gasteiger partial charge in [-0.1, -0.05) is 26.3 Å². The normalized spacial score (nSPS) is 10.1. The summed E-state index contributed by atoms with van der Waals surface area (Å²) < 4.78 is 2.14. The molecule has 2 heteroatoms.